The second-order valence-electron chi connectivity index (χ2n) is 5.54. The van der Waals surface area contributed by atoms with Gasteiger partial charge >= 0.3 is 5.97 Å². The molecule has 1 N–H and O–H groups in total. The second-order valence-corrected chi connectivity index (χ2v) is 5.54. The van der Waals surface area contributed by atoms with Crippen LogP contribution in [-0.2, 0) is 4.74 Å². The molecule has 0 saturated heterocycles. The number of aromatic nitrogens is 2. The smallest absolute Gasteiger partial charge is 0.358 e. The molecule has 1 aromatic carbocycles. The molecule has 0 aliphatic heterocycles. The number of nitrogens with zero attached hydrogens (tertiary/aromatic N) is 1. The number of benzene rings is 1. The van der Waals surface area contributed by atoms with E-state index < -0.39 is 0 Å². The minimum Gasteiger partial charge on any atom is -0.464 e. The normalized spacial score (nSPS) is 15.9. The van der Waals surface area contributed by atoms with E-state index in [4.69, 9.17) is 4.74 Å². The summed E-state index contributed by atoms with van der Waals surface area (Å²) in [5, 5.41) is 0. The van der Waals surface area contributed by atoms with Gasteiger partial charge in [0.05, 0.1) is 12.8 Å². The average Bonchev–Trinajstić information content (AvgIpc) is 3.01. The van der Waals surface area contributed by atoms with Crippen LogP contribution in [0.1, 0.15) is 54.3 Å². The van der Waals surface area contributed by atoms with Gasteiger partial charge in [-0.2, -0.15) is 0 Å². The summed E-state index contributed by atoms with van der Waals surface area (Å²) in [6.45, 7) is 0. The lowest BCUT2D eigenvalue weighted by molar-refractivity contribution is 0.0595. The summed E-state index contributed by atoms with van der Waals surface area (Å²) in [5.41, 5.74) is 2.12. The number of imidazole rings is 1. The van der Waals surface area contributed by atoms with Gasteiger partial charge in [0.15, 0.2) is 5.69 Å². The first kappa shape index (κ1) is 13.9. The highest BCUT2D eigenvalue weighted by Gasteiger charge is 2.24. The van der Waals surface area contributed by atoms with Gasteiger partial charge < -0.3 is 9.72 Å². The van der Waals surface area contributed by atoms with Crippen molar-refractivity contribution in [3.8, 4) is 11.3 Å². The van der Waals surface area contributed by atoms with Crippen molar-refractivity contribution in [2.75, 3.05) is 7.11 Å². The molecular weight excluding hydrogens is 264 g/mol. The predicted octanol–water partition coefficient (Wildman–Crippen LogP) is 3.91. The highest BCUT2D eigenvalue weighted by Crippen LogP contribution is 2.33. The van der Waals surface area contributed by atoms with Crippen molar-refractivity contribution in [2.24, 2.45) is 0 Å². The lowest BCUT2D eigenvalue weighted by atomic mass is 9.89. The van der Waals surface area contributed by atoms with Gasteiger partial charge in [-0.15, -0.1) is 0 Å². The molecule has 1 aliphatic rings. The zero-order valence-electron chi connectivity index (χ0n) is 12.3. The number of carbonyl (C=O) groups excluding carboxylic acids is 1. The van der Waals surface area contributed by atoms with E-state index in [1.54, 1.807) is 0 Å². The molecule has 1 fully saturated rings. The molecule has 0 amide bonds. The zero-order chi connectivity index (χ0) is 14.7. The molecule has 0 radical (unpaired) electrons. The van der Waals surface area contributed by atoms with E-state index in [1.807, 2.05) is 30.3 Å². The van der Waals surface area contributed by atoms with E-state index >= 15 is 0 Å². The number of H-pyrrole nitrogens is 1. The summed E-state index contributed by atoms with van der Waals surface area (Å²) in [6.07, 6.45) is 6.05. The van der Waals surface area contributed by atoms with Gasteiger partial charge in [0.2, 0.25) is 0 Å². The Labute approximate surface area is 124 Å². The number of carbonyl (C=O) groups is 1. The summed E-state index contributed by atoms with van der Waals surface area (Å²) in [7, 11) is 1.39. The number of ether oxygens (including phenoxy) is 1. The Morgan fingerprint density at radius 1 is 1.19 bits per heavy atom. The Morgan fingerprint density at radius 2 is 1.90 bits per heavy atom. The van der Waals surface area contributed by atoms with E-state index in [2.05, 4.69) is 9.97 Å². The first-order valence-corrected chi connectivity index (χ1v) is 7.53. The number of methoxy groups -OCH3 is 1. The Bertz CT molecular complexity index is 613. The maximum absolute atomic E-state index is 12.0. The van der Waals surface area contributed by atoms with Crippen molar-refractivity contribution in [1.29, 1.82) is 0 Å². The molecule has 0 spiro atoms. The topological polar surface area (TPSA) is 55.0 Å². The highest BCUT2D eigenvalue weighted by molar-refractivity contribution is 5.94. The minimum atomic E-state index is -0.382. The predicted molar refractivity (Wildman–Crippen MR) is 81.2 cm³/mol. The Balaban J connectivity index is 2.01. The van der Waals surface area contributed by atoms with E-state index in [-0.39, 0.29) is 5.97 Å². The highest BCUT2D eigenvalue weighted by atomic mass is 16.5. The van der Waals surface area contributed by atoms with E-state index in [9.17, 15) is 4.79 Å². The number of esters is 1. The van der Waals surface area contributed by atoms with E-state index in [0.29, 0.717) is 11.6 Å². The maximum Gasteiger partial charge on any atom is 0.358 e. The Morgan fingerprint density at radius 3 is 2.57 bits per heavy atom. The maximum atomic E-state index is 12.0. The van der Waals surface area contributed by atoms with Crippen LogP contribution in [0.5, 0.6) is 0 Å². The molecule has 1 heterocycles. The van der Waals surface area contributed by atoms with Gasteiger partial charge in [0.1, 0.15) is 5.82 Å². The van der Waals surface area contributed by atoms with Gasteiger partial charge in [0, 0.05) is 11.5 Å². The summed E-state index contributed by atoms with van der Waals surface area (Å²) >= 11 is 0. The molecule has 2 aromatic rings. The fourth-order valence-corrected chi connectivity index (χ4v) is 3.02. The van der Waals surface area contributed by atoms with Gasteiger partial charge in [-0.1, -0.05) is 49.6 Å². The van der Waals surface area contributed by atoms with Crippen LogP contribution in [0.3, 0.4) is 0 Å². The number of rotatable bonds is 3. The molecule has 1 aromatic heterocycles. The van der Waals surface area contributed by atoms with Crippen molar-refractivity contribution in [3.05, 3.63) is 41.9 Å². The fraction of sp³-hybridized carbons (Fsp3) is 0.412. The lowest BCUT2D eigenvalue weighted by Crippen LogP contribution is -2.07. The fourth-order valence-electron chi connectivity index (χ4n) is 3.02. The number of hydrogen-bond acceptors (Lipinski definition) is 3. The standard InChI is InChI=1S/C17H20N2O2/c1-21-17(20)15-14(12-8-4-2-5-9-12)18-16(19-15)13-10-6-3-7-11-13/h2,4-5,8-9,13H,3,6-7,10-11H2,1H3,(H,18,19). The largest absolute Gasteiger partial charge is 0.464 e. The van der Waals surface area contributed by atoms with Gasteiger partial charge in [-0.05, 0) is 12.8 Å². The first-order chi connectivity index (χ1) is 10.3. The first-order valence-electron chi connectivity index (χ1n) is 7.53. The van der Waals surface area contributed by atoms with Crippen LogP contribution >= 0.6 is 0 Å². The third kappa shape index (κ3) is 2.84. The Hall–Kier alpha value is -2.10. The van der Waals surface area contributed by atoms with E-state index in [0.717, 1.165) is 29.9 Å². The molecule has 110 valence electrons. The summed E-state index contributed by atoms with van der Waals surface area (Å²) in [5.74, 6) is 0.973. The van der Waals surface area contributed by atoms with Crippen LogP contribution in [0.15, 0.2) is 30.3 Å². The van der Waals surface area contributed by atoms with Gasteiger partial charge in [-0.25, -0.2) is 9.78 Å². The zero-order valence-corrected chi connectivity index (χ0v) is 12.3. The average molecular weight is 284 g/mol. The van der Waals surface area contributed by atoms with Crippen molar-refractivity contribution in [2.45, 2.75) is 38.0 Å². The summed E-state index contributed by atoms with van der Waals surface area (Å²) in [6, 6.07) is 9.82. The molecule has 0 atom stereocenters. The van der Waals surface area contributed by atoms with Crippen molar-refractivity contribution in [1.82, 2.24) is 9.97 Å². The third-order valence-corrected chi connectivity index (χ3v) is 4.16. The third-order valence-electron chi connectivity index (χ3n) is 4.16. The van der Waals surface area contributed by atoms with Crippen molar-refractivity contribution in [3.63, 3.8) is 0 Å². The van der Waals surface area contributed by atoms with Crippen LogP contribution in [0.2, 0.25) is 0 Å². The van der Waals surface area contributed by atoms with Crippen molar-refractivity contribution >= 4 is 5.97 Å². The van der Waals surface area contributed by atoms with Gasteiger partial charge in [0.25, 0.3) is 0 Å². The quantitative estimate of drug-likeness (QED) is 0.869. The van der Waals surface area contributed by atoms with Crippen LogP contribution in [0.25, 0.3) is 11.3 Å². The summed E-state index contributed by atoms with van der Waals surface area (Å²) < 4.78 is 4.88. The molecule has 1 aliphatic carbocycles. The molecular formula is C17H20N2O2. The molecule has 1 saturated carbocycles. The molecule has 0 unspecified atom stereocenters. The molecule has 21 heavy (non-hydrogen) atoms. The SMILES string of the molecule is COC(=O)c1nc(C2CCCCC2)[nH]c1-c1ccccc1. The minimum absolute atomic E-state index is 0.382. The number of hydrogen-bond donors (Lipinski definition) is 1. The van der Waals surface area contributed by atoms with Crippen LogP contribution < -0.4 is 0 Å². The lowest BCUT2D eigenvalue weighted by Gasteiger charge is -2.19. The monoisotopic (exact) mass is 284 g/mol. The summed E-state index contributed by atoms with van der Waals surface area (Å²) in [4.78, 5) is 19.9. The number of nitrogens with one attached hydrogen (secondary N) is 1. The molecule has 0 bridgehead atoms. The molecule has 4 heteroatoms. The van der Waals surface area contributed by atoms with Crippen molar-refractivity contribution < 1.29 is 9.53 Å². The van der Waals surface area contributed by atoms with Crippen LogP contribution in [0, 0.1) is 0 Å². The van der Waals surface area contributed by atoms with Crippen LogP contribution in [-0.4, -0.2) is 23.0 Å². The number of aromatic amines is 1. The second kappa shape index (κ2) is 6.12. The van der Waals surface area contributed by atoms with Gasteiger partial charge in [-0.3, -0.25) is 0 Å². The van der Waals surface area contributed by atoms with Crippen LogP contribution in [0.4, 0.5) is 0 Å². The Kier molecular flexibility index (Phi) is 4.04. The molecule has 4 nitrogen and oxygen atoms in total. The molecule has 3 rings (SSSR count). The van der Waals surface area contributed by atoms with E-state index in [1.165, 1.54) is 26.4 Å².